The summed E-state index contributed by atoms with van der Waals surface area (Å²) in [5.74, 6) is -1.30. The summed E-state index contributed by atoms with van der Waals surface area (Å²) in [6.07, 6.45) is -3.06. The Morgan fingerprint density at radius 1 is 1.12 bits per heavy atom. The van der Waals surface area contributed by atoms with Gasteiger partial charge in [-0.2, -0.15) is 0 Å². The van der Waals surface area contributed by atoms with Crippen molar-refractivity contribution in [2.24, 2.45) is 11.8 Å². The van der Waals surface area contributed by atoms with E-state index in [0.29, 0.717) is 12.2 Å². The monoisotopic (exact) mass is 344 g/mol. The van der Waals surface area contributed by atoms with Crippen molar-refractivity contribution in [3.05, 3.63) is 0 Å². The van der Waals surface area contributed by atoms with Crippen molar-refractivity contribution in [2.45, 2.75) is 78.0 Å². The van der Waals surface area contributed by atoms with Gasteiger partial charge in [0, 0.05) is 6.42 Å². The molecule has 1 saturated carbocycles. The Hall–Kier alpha value is -1.47. The highest BCUT2D eigenvalue weighted by molar-refractivity contribution is 5.85. The topological polar surface area (TPSA) is 99.1 Å². The lowest BCUT2D eigenvalue weighted by molar-refractivity contribution is -0.188. The van der Waals surface area contributed by atoms with E-state index >= 15 is 0 Å². The lowest BCUT2D eigenvalue weighted by Gasteiger charge is -2.26. The first-order chi connectivity index (χ1) is 11.2. The van der Waals surface area contributed by atoms with Crippen LogP contribution in [0.3, 0.4) is 0 Å². The van der Waals surface area contributed by atoms with E-state index in [-0.39, 0.29) is 12.3 Å². The van der Waals surface area contributed by atoms with E-state index in [1.165, 1.54) is 0 Å². The highest BCUT2D eigenvalue weighted by Crippen LogP contribution is 2.43. The van der Waals surface area contributed by atoms with Crippen LogP contribution in [0.15, 0.2) is 0 Å². The molecule has 7 nitrogen and oxygen atoms in total. The minimum Gasteiger partial charge on any atom is -0.461 e. The number of esters is 2. The first-order valence-electron chi connectivity index (χ1n) is 8.35. The third-order valence-electron chi connectivity index (χ3n) is 3.76. The van der Waals surface area contributed by atoms with Crippen LogP contribution in [-0.4, -0.2) is 53.9 Å². The van der Waals surface area contributed by atoms with Crippen molar-refractivity contribution in [1.29, 1.82) is 0 Å². The lowest BCUT2D eigenvalue weighted by Crippen LogP contribution is -2.47. The molecule has 1 aliphatic carbocycles. The van der Waals surface area contributed by atoms with Crippen LogP contribution in [0.25, 0.3) is 0 Å². The predicted molar refractivity (Wildman–Crippen MR) is 85.1 cm³/mol. The Labute approximate surface area is 142 Å². The predicted octanol–water partition coefficient (Wildman–Crippen LogP) is 1.25. The van der Waals surface area contributed by atoms with E-state index in [0.717, 1.165) is 6.42 Å². The first kappa shape index (κ1) is 20.6. The van der Waals surface area contributed by atoms with Crippen molar-refractivity contribution in [2.75, 3.05) is 0 Å². The minimum absolute atomic E-state index is 0.0897. The summed E-state index contributed by atoms with van der Waals surface area (Å²) in [5.41, 5.74) is 0. The molecule has 5 atom stereocenters. The van der Waals surface area contributed by atoms with Gasteiger partial charge in [0.05, 0.1) is 18.3 Å². The third-order valence-corrected chi connectivity index (χ3v) is 3.76. The fourth-order valence-corrected chi connectivity index (χ4v) is 2.47. The van der Waals surface area contributed by atoms with Gasteiger partial charge in [-0.15, -0.1) is 0 Å². The Bertz CT molecular complexity index is 446. The molecule has 0 saturated heterocycles. The van der Waals surface area contributed by atoms with E-state index in [2.05, 4.69) is 0 Å². The maximum absolute atomic E-state index is 12.2. The van der Waals surface area contributed by atoms with Crippen LogP contribution >= 0.6 is 0 Å². The van der Waals surface area contributed by atoms with Gasteiger partial charge in [-0.05, 0) is 46.0 Å². The largest absolute Gasteiger partial charge is 0.461 e. The van der Waals surface area contributed by atoms with Gasteiger partial charge in [0.15, 0.2) is 12.2 Å². The second-order valence-electron chi connectivity index (χ2n) is 6.79. The van der Waals surface area contributed by atoms with Crippen molar-refractivity contribution < 1.29 is 33.7 Å². The van der Waals surface area contributed by atoms with Crippen LogP contribution in [0, 0.1) is 11.8 Å². The quantitative estimate of drug-likeness (QED) is 0.470. The van der Waals surface area contributed by atoms with Crippen molar-refractivity contribution in [1.82, 2.24) is 0 Å². The third kappa shape index (κ3) is 6.20. The van der Waals surface area contributed by atoms with Gasteiger partial charge in [-0.3, -0.25) is 0 Å². The van der Waals surface area contributed by atoms with Gasteiger partial charge in [-0.1, -0.05) is 6.92 Å². The molecule has 0 radical (unpaired) electrons. The zero-order valence-corrected chi connectivity index (χ0v) is 14.9. The second kappa shape index (κ2) is 9.13. The molecule has 0 aromatic heterocycles. The van der Waals surface area contributed by atoms with Crippen LogP contribution in [0.4, 0.5) is 0 Å². The van der Waals surface area contributed by atoms with E-state index in [4.69, 9.17) is 14.2 Å². The molecule has 0 heterocycles. The zero-order valence-electron chi connectivity index (χ0n) is 14.9. The van der Waals surface area contributed by atoms with Crippen molar-refractivity contribution >= 4 is 18.2 Å². The van der Waals surface area contributed by atoms with Crippen LogP contribution in [-0.2, 0) is 28.6 Å². The minimum atomic E-state index is -1.80. The molecule has 24 heavy (non-hydrogen) atoms. The number of aliphatic hydroxyl groups is 1. The number of aliphatic hydroxyl groups excluding tert-OH is 1. The van der Waals surface area contributed by atoms with E-state index in [9.17, 15) is 19.5 Å². The molecule has 0 aromatic carbocycles. The SMILES string of the molecule is CC(C)OC(=O)[C@H](O)[C@@H](OC(CC=O)[C@@H]1C[C@H]1C)C(=O)OC(C)C. The Kier molecular flexibility index (Phi) is 7.83. The summed E-state index contributed by atoms with van der Waals surface area (Å²) in [7, 11) is 0. The fraction of sp³-hybridized carbons (Fsp3) is 0.824. The van der Waals surface area contributed by atoms with Gasteiger partial charge >= 0.3 is 11.9 Å². The summed E-state index contributed by atoms with van der Waals surface area (Å²) in [5, 5.41) is 10.2. The van der Waals surface area contributed by atoms with Crippen LogP contribution in [0.2, 0.25) is 0 Å². The van der Waals surface area contributed by atoms with Crippen LogP contribution in [0.5, 0.6) is 0 Å². The molecule has 0 spiro atoms. The normalized spacial score (nSPS) is 23.5. The zero-order chi connectivity index (χ0) is 18.4. The Morgan fingerprint density at radius 3 is 2.04 bits per heavy atom. The molecular weight excluding hydrogens is 316 g/mol. The molecule has 1 rings (SSSR count). The highest BCUT2D eigenvalue weighted by atomic mass is 16.6. The first-order valence-corrected chi connectivity index (χ1v) is 8.35. The summed E-state index contributed by atoms with van der Waals surface area (Å²) in [6, 6.07) is 0. The molecule has 1 unspecified atom stereocenters. The van der Waals surface area contributed by atoms with Gasteiger partial charge in [-0.25, -0.2) is 9.59 Å². The van der Waals surface area contributed by atoms with Crippen molar-refractivity contribution in [3.8, 4) is 0 Å². The second-order valence-corrected chi connectivity index (χ2v) is 6.79. The highest BCUT2D eigenvalue weighted by Gasteiger charge is 2.45. The van der Waals surface area contributed by atoms with Crippen LogP contribution < -0.4 is 0 Å². The molecule has 1 fully saturated rings. The number of aldehydes is 1. The summed E-state index contributed by atoms with van der Waals surface area (Å²) in [6.45, 7) is 8.58. The van der Waals surface area contributed by atoms with E-state index in [1.54, 1.807) is 27.7 Å². The van der Waals surface area contributed by atoms with Gasteiger partial charge in [0.1, 0.15) is 6.29 Å². The summed E-state index contributed by atoms with van der Waals surface area (Å²) < 4.78 is 15.7. The molecule has 138 valence electrons. The number of rotatable bonds is 10. The molecule has 0 bridgehead atoms. The number of carbonyl (C=O) groups excluding carboxylic acids is 3. The number of hydrogen-bond acceptors (Lipinski definition) is 7. The van der Waals surface area contributed by atoms with Crippen LogP contribution in [0.1, 0.15) is 47.5 Å². The molecular formula is C17H28O7. The Morgan fingerprint density at radius 2 is 1.62 bits per heavy atom. The standard InChI is InChI=1S/C17H28O7/c1-9(2)22-16(20)14(19)15(17(21)23-10(3)4)24-13(6-7-18)12-8-11(12)5/h7,9-15,19H,6,8H2,1-5H3/t11-,12-,13?,14-,15-/m1/s1. The summed E-state index contributed by atoms with van der Waals surface area (Å²) >= 11 is 0. The van der Waals surface area contributed by atoms with Gasteiger partial charge in [0.2, 0.25) is 0 Å². The molecule has 1 aliphatic rings. The molecule has 7 heteroatoms. The van der Waals surface area contributed by atoms with Gasteiger partial charge in [0.25, 0.3) is 0 Å². The Balaban J connectivity index is 2.88. The maximum Gasteiger partial charge on any atom is 0.338 e. The molecule has 0 amide bonds. The molecule has 0 aromatic rings. The average Bonchev–Trinajstić information content (AvgIpc) is 3.17. The van der Waals surface area contributed by atoms with Gasteiger partial charge < -0.3 is 24.1 Å². The lowest BCUT2D eigenvalue weighted by atomic mass is 10.1. The number of ether oxygens (including phenoxy) is 3. The number of carbonyl (C=O) groups is 3. The fourth-order valence-electron chi connectivity index (χ4n) is 2.47. The smallest absolute Gasteiger partial charge is 0.338 e. The average molecular weight is 344 g/mol. The maximum atomic E-state index is 12.2. The van der Waals surface area contributed by atoms with E-state index in [1.807, 2.05) is 6.92 Å². The van der Waals surface area contributed by atoms with E-state index < -0.39 is 42.5 Å². The number of hydrogen-bond donors (Lipinski definition) is 1. The van der Waals surface area contributed by atoms with Crippen molar-refractivity contribution in [3.63, 3.8) is 0 Å². The summed E-state index contributed by atoms with van der Waals surface area (Å²) in [4.78, 5) is 35.1. The molecule has 0 aliphatic heterocycles. The molecule has 1 N–H and O–H groups in total.